The van der Waals surface area contributed by atoms with Crippen LogP contribution in [-0.4, -0.2) is 18.1 Å². The van der Waals surface area contributed by atoms with Gasteiger partial charge in [0.25, 0.3) is 5.91 Å². The average Bonchev–Trinajstić information content (AvgIpc) is 2.35. The number of carbonyl (C=O) groups is 1. The van der Waals surface area contributed by atoms with Crippen LogP contribution >= 0.6 is 11.6 Å². The predicted octanol–water partition coefficient (Wildman–Crippen LogP) is 3.41. The van der Waals surface area contributed by atoms with Crippen molar-refractivity contribution >= 4 is 17.5 Å². The van der Waals surface area contributed by atoms with Gasteiger partial charge in [0.1, 0.15) is 5.75 Å². The largest absolute Gasteiger partial charge is 0.481 e. The number of carbonyl (C=O) groups excluding carboxylic acids is 1. The Bertz CT molecular complexity index is 391. The number of amides is 1. The lowest BCUT2D eigenvalue weighted by molar-refractivity contribution is -0.128. The molecule has 0 aliphatic rings. The third kappa shape index (κ3) is 4.57. The molecule has 1 N–H and O–H groups in total. The molecule has 3 nitrogen and oxygen atoms in total. The van der Waals surface area contributed by atoms with Crippen LogP contribution in [0, 0.1) is 0 Å². The molecule has 0 aliphatic carbocycles. The maximum absolute atomic E-state index is 11.9. The lowest BCUT2D eigenvalue weighted by Gasteiger charge is -2.19. The normalized spacial score (nSPS) is 12.3. The first-order valence-corrected chi connectivity index (χ1v) is 6.67. The molecule has 0 fully saturated rings. The number of benzene rings is 1. The molecular weight excluding hydrogens is 250 g/mol. The second-order valence-electron chi connectivity index (χ2n) is 4.24. The minimum absolute atomic E-state index is 0.0938. The topological polar surface area (TPSA) is 38.3 Å². The lowest BCUT2D eigenvalue weighted by Crippen LogP contribution is -2.42. The van der Waals surface area contributed by atoms with E-state index in [0.29, 0.717) is 10.8 Å². The highest BCUT2D eigenvalue weighted by molar-refractivity contribution is 6.30. The van der Waals surface area contributed by atoms with Gasteiger partial charge in [0, 0.05) is 11.1 Å². The van der Waals surface area contributed by atoms with Crippen LogP contribution in [0.4, 0.5) is 0 Å². The molecule has 0 heterocycles. The van der Waals surface area contributed by atoms with Crippen molar-refractivity contribution in [2.24, 2.45) is 0 Å². The van der Waals surface area contributed by atoms with Crippen molar-refractivity contribution in [3.05, 3.63) is 29.3 Å². The summed E-state index contributed by atoms with van der Waals surface area (Å²) in [6.07, 6.45) is 1.32. The maximum atomic E-state index is 11.9. The molecule has 100 valence electrons. The van der Waals surface area contributed by atoms with Crippen LogP contribution in [0.1, 0.15) is 33.6 Å². The van der Waals surface area contributed by atoms with E-state index in [2.05, 4.69) is 19.2 Å². The van der Waals surface area contributed by atoms with Gasteiger partial charge in [-0.05, 0) is 38.0 Å². The summed E-state index contributed by atoms with van der Waals surface area (Å²) >= 11 is 5.86. The van der Waals surface area contributed by atoms with Gasteiger partial charge in [0.2, 0.25) is 0 Å². The van der Waals surface area contributed by atoms with Crippen LogP contribution in [-0.2, 0) is 4.79 Å². The summed E-state index contributed by atoms with van der Waals surface area (Å²) in [4.78, 5) is 11.9. The Hall–Kier alpha value is -1.22. The highest BCUT2D eigenvalue weighted by atomic mass is 35.5. The fourth-order valence-corrected chi connectivity index (χ4v) is 1.79. The van der Waals surface area contributed by atoms with Gasteiger partial charge in [-0.3, -0.25) is 4.79 Å². The van der Waals surface area contributed by atoms with E-state index in [1.807, 2.05) is 0 Å². The van der Waals surface area contributed by atoms with Crippen molar-refractivity contribution < 1.29 is 9.53 Å². The standard InChI is InChI=1S/C14H20ClNO2/c1-4-12(5-2)16-14(17)10(3)18-13-8-6-7-11(15)9-13/h6-10,12H,4-5H2,1-3H3,(H,16,17)/t10-/m0/s1. The number of ether oxygens (including phenoxy) is 1. The summed E-state index contributed by atoms with van der Waals surface area (Å²) in [5.41, 5.74) is 0. The van der Waals surface area contributed by atoms with E-state index in [1.165, 1.54) is 0 Å². The van der Waals surface area contributed by atoms with E-state index in [0.717, 1.165) is 12.8 Å². The van der Waals surface area contributed by atoms with Crippen molar-refractivity contribution in [2.75, 3.05) is 0 Å². The van der Waals surface area contributed by atoms with Gasteiger partial charge >= 0.3 is 0 Å². The zero-order valence-electron chi connectivity index (χ0n) is 11.1. The monoisotopic (exact) mass is 269 g/mol. The molecule has 0 aliphatic heterocycles. The third-order valence-electron chi connectivity index (χ3n) is 2.81. The van der Waals surface area contributed by atoms with Gasteiger partial charge < -0.3 is 10.1 Å². The Labute approximate surface area is 113 Å². The van der Waals surface area contributed by atoms with Crippen molar-refractivity contribution in [2.45, 2.75) is 45.8 Å². The minimum Gasteiger partial charge on any atom is -0.481 e. The highest BCUT2D eigenvalue weighted by Gasteiger charge is 2.17. The second kappa shape index (κ2) is 7.27. The quantitative estimate of drug-likeness (QED) is 0.859. The second-order valence-corrected chi connectivity index (χ2v) is 4.68. The van der Waals surface area contributed by atoms with Crippen LogP contribution < -0.4 is 10.1 Å². The number of halogens is 1. The third-order valence-corrected chi connectivity index (χ3v) is 3.05. The zero-order valence-corrected chi connectivity index (χ0v) is 11.8. The molecule has 18 heavy (non-hydrogen) atoms. The van der Waals surface area contributed by atoms with Gasteiger partial charge in [-0.15, -0.1) is 0 Å². The molecule has 0 radical (unpaired) electrons. The van der Waals surface area contributed by atoms with Gasteiger partial charge in [-0.25, -0.2) is 0 Å². The van der Waals surface area contributed by atoms with E-state index < -0.39 is 6.10 Å². The van der Waals surface area contributed by atoms with E-state index >= 15 is 0 Å². The smallest absolute Gasteiger partial charge is 0.260 e. The van der Waals surface area contributed by atoms with Crippen LogP contribution in [0.3, 0.4) is 0 Å². The average molecular weight is 270 g/mol. The Morgan fingerprint density at radius 3 is 2.61 bits per heavy atom. The van der Waals surface area contributed by atoms with E-state index in [4.69, 9.17) is 16.3 Å². The molecule has 1 aromatic rings. The molecule has 0 spiro atoms. The molecule has 0 bridgehead atoms. The molecule has 0 saturated heterocycles. The predicted molar refractivity (Wildman–Crippen MR) is 74.1 cm³/mol. The highest BCUT2D eigenvalue weighted by Crippen LogP contribution is 2.18. The van der Waals surface area contributed by atoms with E-state index in [9.17, 15) is 4.79 Å². The Morgan fingerprint density at radius 2 is 2.06 bits per heavy atom. The lowest BCUT2D eigenvalue weighted by atomic mass is 10.1. The first-order valence-electron chi connectivity index (χ1n) is 6.29. The maximum Gasteiger partial charge on any atom is 0.260 e. The van der Waals surface area contributed by atoms with Crippen molar-refractivity contribution in [1.82, 2.24) is 5.32 Å². The van der Waals surface area contributed by atoms with Gasteiger partial charge in [0.05, 0.1) is 0 Å². The summed E-state index contributed by atoms with van der Waals surface area (Å²) in [7, 11) is 0. The SMILES string of the molecule is CCC(CC)NC(=O)[C@H](C)Oc1cccc(Cl)c1. The summed E-state index contributed by atoms with van der Waals surface area (Å²) < 4.78 is 5.55. The van der Waals surface area contributed by atoms with Crippen LogP contribution in [0.25, 0.3) is 0 Å². The molecular formula is C14H20ClNO2. The number of hydrogen-bond donors (Lipinski definition) is 1. The first kappa shape index (κ1) is 14.8. The Kier molecular flexibility index (Phi) is 5.99. The summed E-state index contributed by atoms with van der Waals surface area (Å²) in [5.74, 6) is 0.512. The Balaban J connectivity index is 2.54. The number of rotatable bonds is 6. The number of hydrogen-bond acceptors (Lipinski definition) is 2. The zero-order chi connectivity index (χ0) is 13.5. The summed E-state index contributed by atoms with van der Waals surface area (Å²) in [6.45, 7) is 5.84. The minimum atomic E-state index is -0.524. The molecule has 0 aromatic heterocycles. The molecule has 0 unspecified atom stereocenters. The van der Waals surface area contributed by atoms with Gasteiger partial charge in [0.15, 0.2) is 6.10 Å². The van der Waals surface area contributed by atoms with E-state index in [1.54, 1.807) is 31.2 Å². The molecule has 4 heteroatoms. The first-order chi connectivity index (χ1) is 8.56. The molecule has 1 aromatic carbocycles. The fourth-order valence-electron chi connectivity index (χ4n) is 1.61. The Morgan fingerprint density at radius 1 is 1.39 bits per heavy atom. The number of nitrogens with one attached hydrogen (secondary N) is 1. The van der Waals surface area contributed by atoms with E-state index in [-0.39, 0.29) is 11.9 Å². The van der Waals surface area contributed by atoms with Crippen LogP contribution in [0.2, 0.25) is 5.02 Å². The van der Waals surface area contributed by atoms with Gasteiger partial charge in [-0.1, -0.05) is 31.5 Å². The fraction of sp³-hybridized carbons (Fsp3) is 0.500. The van der Waals surface area contributed by atoms with Crippen molar-refractivity contribution in [3.63, 3.8) is 0 Å². The molecule has 1 rings (SSSR count). The van der Waals surface area contributed by atoms with Gasteiger partial charge in [-0.2, -0.15) is 0 Å². The van der Waals surface area contributed by atoms with Crippen molar-refractivity contribution in [1.29, 1.82) is 0 Å². The molecule has 1 atom stereocenters. The molecule has 0 saturated carbocycles. The van der Waals surface area contributed by atoms with Crippen LogP contribution in [0.15, 0.2) is 24.3 Å². The summed E-state index contributed by atoms with van der Waals surface area (Å²) in [6, 6.07) is 7.25. The molecule has 1 amide bonds. The van der Waals surface area contributed by atoms with Crippen molar-refractivity contribution in [3.8, 4) is 5.75 Å². The summed E-state index contributed by atoms with van der Waals surface area (Å²) in [5, 5.41) is 3.55. The van der Waals surface area contributed by atoms with Crippen LogP contribution in [0.5, 0.6) is 5.75 Å².